The van der Waals surface area contributed by atoms with Crippen LogP contribution in [0.3, 0.4) is 0 Å². The number of nitrogens with one attached hydrogen (secondary N) is 1. The van der Waals surface area contributed by atoms with Crippen molar-refractivity contribution in [2.45, 2.75) is 19.0 Å². The summed E-state index contributed by atoms with van der Waals surface area (Å²) in [6.07, 6.45) is 0.381. The number of rotatable bonds is 5. The van der Waals surface area contributed by atoms with Gasteiger partial charge in [0.15, 0.2) is 16.9 Å². The maximum absolute atomic E-state index is 12.0. The average Bonchev–Trinajstić information content (AvgIpc) is 2.57. The molecule has 132 valence electrons. The number of halogens is 1. The van der Waals surface area contributed by atoms with Crippen molar-refractivity contribution >= 4 is 35.1 Å². The number of nitrogens with zero attached hydrogens (tertiary/aromatic N) is 3. The number of nitrogens with two attached hydrogens (primary N) is 4. The topological polar surface area (TPSA) is 171 Å². The van der Waals surface area contributed by atoms with Crippen LogP contribution in [0.25, 0.3) is 0 Å². The molecule has 0 aliphatic heterocycles. The minimum atomic E-state index is -0.757. The molecule has 1 unspecified atom stereocenters. The van der Waals surface area contributed by atoms with Gasteiger partial charge in [0.25, 0.3) is 0 Å². The highest BCUT2D eigenvalue weighted by Gasteiger charge is 2.15. The number of benzene rings is 1. The summed E-state index contributed by atoms with van der Waals surface area (Å²) in [6, 6.07) is 8.65. The van der Waals surface area contributed by atoms with E-state index in [0.29, 0.717) is 12.1 Å². The first-order valence-electron chi connectivity index (χ1n) is 7.34. The molecule has 0 saturated heterocycles. The van der Waals surface area contributed by atoms with Gasteiger partial charge in [0, 0.05) is 0 Å². The van der Waals surface area contributed by atoms with Gasteiger partial charge in [-0.05, 0) is 12.0 Å². The first kappa shape index (κ1) is 18.4. The third kappa shape index (κ3) is 5.30. The smallest absolute Gasteiger partial charge is 0.243 e. The van der Waals surface area contributed by atoms with Gasteiger partial charge in [-0.2, -0.15) is 0 Å². The van der Waals surface area contributed by atoms with E-state index in [9.17, 15) is 4.79 Å². The van der Waals surface area contributed by atoms with Gasteiger partial charge in [-0.1, -0.05) is 41.9 Å². The number of guanidine groups is 1. The van der Waals surface area contributed by atoms with Crippen LogP contribution in [0.4, 0.5) is 11.6 Å². The number of carbonyl (C=O) groups excluding carboxylic acids is 1. The number of hydrogen-bond acceptors (Lipinski definition) is 7. The van der Waals surface area contributed by atoms with Crippen LogP contribution in [0.5, 0.6) is 0 Å². The van der Waals surface area contributed by atoms with Gasteiger partial charge in [-0.15, -0.1) is 0 Å². The molecule has 25 heavy (non-hydrogen) atoms. The van der Waals surface area contributed by atoms with Gasteiger partial charge >= 0.3 is 0 Å². The SMILES string of the molecule is NC(=NCc1nc(Cl)c(N)nc1N)NC(=O)C(N)Cc1ccccc1. The first-order valence-corrected chi connectivity index (χ1v) is 7.72. The molecule has 1 aromatic heterocycles. The molecule has 2 rings (SSSR count). The molecule has 9 N–H and O–H groups in total. The van der Waals surface area contributed by atoms with Crippen LogP contribution >= 0.6 is 11.6 Å². The molecule has 0 radical (unpaired) electrons. The number of carbonyl (C=O) groups is 1. The standard InChI is InChI=1S/C15H19ClN8O/c16-11-13(19)23-12(18)10(22-11)7-21-15(20)24-14(25)9(17)6-8-4-2-1-3-5-8/h1-5,9H,6-7,17H2,(H4,18,19,23)(H3,20,21,24,25). The van der Waals surface area contributed by atoms with Crippen LogP contribution in [-0.4, -0.2) is 27.9 Å². The molecule has 0 aliphatic carbocycles. The summed E-state index contributed by atoms with van der Waals surface area (Å²) in [4.78, 5) is 23.8. The molecule has 0 spiro atoms. The molecule has 1 atom stereocenters. The van der Waals surface area contributed by atoms with E-state index in [1.807, 2.05) is 30.3 Å². The lowest BCUT2D eigenvalue weighted by Crippen LogP contribution is -2.47. The molecular formula is C15H19ClN8O. The van der Waals surface area contributed by atoms with Gasteiger partial charge in [-0.25, -0.2) is 15.0 Å². The minimum absolute atomic E-state index is 0.0150. The average molecular weight is 363 g/mol. The second-order valence-corrected chi connectivity index (χ2v) is 5.58. The van der Waals surface area contributed by atoms with Crippen LogP contribution in [0.15, 0.2) is 35.3 Å². The van der Waals surface area contributed by atoms with E-state index in [0.717, 1.165) is 5.56 Å². The molecule has 0 aliphatic rings. The lowest BCUT2D eigenvalue weighted by Gasteiger charge is -2.12. The van der Waals surface area contributed by atoms with Crippen molar-refractivity contribution in [3.8, 4) is 0 Å². The molecule has 0 fully saturated rings. The van der Waals surface area contributed by atoms with E-state index in [4.69, 9.17) is 34.5 Å². The van der Waals surface area contributed by atoms with Crippen molar-refractivity contribution in [3.63, 3.8) is 0 Å². The van der Waals surface area contributed by atoms with Crippen molar-refractivity contribution in [3.05, 3.63) is 46.7 Å². The zero-order valence-corrected chi connectivity index (χ0v) is 14.1. The zero-order valence-electron chi connectivity index (χ0n) is 13.3. The molecule has 0 bridgehead atoms. The van der Waals surface area contributed by atoms with E-state index in [1.54, 1.807) is 0 Å². The molecule has 1 aromatic carbocycles. The number of anilines is 2. The maximum atomic E-state index is 12.0. The van der Waals surface area contributed by atoms with Crippen LogP contribution in [0, 0.1) is 0 Å². The van der Waals surface area contributed by atoms with Crippen LogP contribution in [-0.2, 0) is 17.8 Å². The Morgan fingerprint density at radius 2 is 1.88 bits per heavy atom. The van der Waals surface area contributed by atoms with E-state index < -0.39 is 11.9 Å². The van der Waals surface area contributed by atoms with Gasteiger partial charge < -0.3 is 22.9 Å². The number of hydrogen-bond donors (Lipinski definition) is 5. The van der Waals surface area contributed by atoms with Gasteiger partial charge in [-0.3, -0.25) is 10.1 Å². The van der Waals surface area contributed by atoms with Gasteiger partial charge in [0.2, 0.25) is 5.91 Å². The van der Waals surface area contributed by atoms with E-state index in [1.165, 1.54) is 0 Å². The molecular weight excluding hydrogens is 344 g/mol. The first-order chi connectivity index (χ1) is 11.9. The Balaban J connectivity index is 1.94. The van der Waals surface area contributed by atoms with Crippen molar-refractivity contribution < 1.29 is 4.79 Å². The van der Waals surface area contributed by atoms with Crippen LogP contribution in [0.1, 0.15) is 11.3 Å². The van der Waals surface area contributed by atoms with Crippen LogP contribution < -0.4 is 28.3 Å². The maximum Gasteiger partial charge on any atom is 0.243 e. The fourth-order valence-electron chi connectivity index (χ4n) is 1.97. The van der Waals surface area contributed by atoms with Crippen molar-refractivity contribution in [1.82, 2.24) is 15.3 Å². The lowest BCUT2D eigenvalue weighted by molar-refractivity contribution is -0.120. The quantitative estimate of drug-likeness (QED) is 0.361. The number of amides is 1. The zero-order chi connectivity index (χ0) is 18.4. The summed E-state index contributed by atoms with van der Waals surface area (Å²) < 4.78 is 0. The van der Waals surface area contributed by atoms with Gasteiger partial charge in [0.1, 0.15) is 11.5 Å². The number of aliphatic imine (C=N–C) groups is 1. The summed E-state index contributed by atoms with van der Waals surface area (Å²) in [5, 5.41) is 2.45. The fourth-order valence-corrected chi connectivity index (χ4v) is 2.11. The third-order valence-corrected chi connectivity index (χ3v) is 3.54. The summed E-state index contributed by atoms with van der Waals surface area (Å²) in [5.41, 5.74) is 24.0. The van der Waals surface area contributed by atoms with Crippen LogP contribution in [0.2, 0.25) is 5.15 Å². The Labute approximate surface area is 149 Å². The normalized spacial score (nSPS) is 12.6. The van der Waals surface area contributed by atoms with Crippen molar-refractivity contribution in [1.29, 1.82) is 0 Å². The second-order valence-electron chi connectivity index (χ2n) is 5.22. The van der Waals surface area contributed by atoms with Crippen molar-refractivity contribution in [2.24, 2.45) is 16.5 Å². The summed E-state index contributed by atoms with van der Waals surface area (Å²) in [7, 11) is 0. The minimum Gasteiger partial charge on any atom is -0.382 e. The molecule has 1 heterocycles. The van der Waals surface area contributed by atoms with E-state index >= 15 is 0 Å². The number of nitrogen functional groups attached to an aromatic ring is 2. The predicted octanol–water partition coefficient (Wildman–Crippen LogP) is -0.205. The van der Waals surface area contributed by atoms with Crippen molar-refractivity contribution in [2.75, 3.05) is 11.5 Å². The Bertz CT molecular complexity index is 781. The predicted molar refractivity (Wildman–Crippen MR) is 97.5 cm³/mol. The Morgan fingerprint density at radius 3 is 2.56 bits per heavy atom. The largest absolute Gasteiger partial charge is 0.382 e. The Hall–Kier alpha value is -2.91. The summed E-state index contributed by atoms with van der Waals surface area (Å²) in [6.45, 7) is -0.0150. The van der Waals surface area contributed by atoms with Gasteiger partial charge in [0.05, 0.1) is 12.6 Å². The fraction of sp³-hybridized carbons (Fsp3) is 0.200. The highest BCUT2D eigenvalue weighted by Crippen LogP contribution is 2.17. The lowest BCUT2D eigenvalue weighted by atomic mass is 10.1. The Morgan fingerprint density at radius 1 is 1.20 bits per heavy atom. The van der Waals surface area contributed by atoms with E-state index in [-0.39, 0.29) is 29.3 Å². The molecule has 9 nitrogen and oxygen atoms in total. The number of aromatic nitrogens is 2. The van der Waals surface area contributed by atoms with E-state index in [2.05, 4.69) is 20.3 Å². The molecule has 1 amide bonds. The third-order valence-electron chi connectivity index (χ3n) is 3.27. The Kier molecular flexibility index (Phi) is 6.09. The summed E-state index contributed by atoms with van der Waals surface area (Å²) >= 11 is 5.78. The monoisotopic (exact) mass is 362 g/mol. The molecule has 10 heteroatoms. The molecule has 2 aromatic rings. The summed E-state index contributed by atoms with van der Waals surface area (Å²) in [5.74, 6) is -0.437. The molecule has 0 saturated carbocycles. The highest BCUT2D eigenvalue weighted by molar-refractivity contribution is 6.31. The highest BCUT2D eigenvalue weighted by atomic mass is 35.5. The second kappa shape index (κ2) is 8.27.